The van der Waals surface area contributed by atoms with E-state index in [4.69, 9.17) is 0 Å². The minimum Gasteiger partial charge on any atom is -0.282 e. The van der Waals surface area contributed by atoms with E-state index in [1.165, 1.54) is 24.1 Å². The maximum Gasteiger partial charge on any atom is 0.0522 e. The van der Waals surface area contributed by atoms with E-state index in [0.717, 1.165) is 11.8 Å². The molecule has 1 saturated carbocycles. The first-order valence-electron chi connectivity index (χ1n) is 3.47. The van der Waals surface area contributed by atoms with Gasteiger partial charge in [-0.05, 0) is 24.3 Å². The molecule has 46 valence electrons. The summed E-state index contributed by atoms with van der Waals surface area (Å²) in [5.41, 5.74) is 2.90. The maximum atomic E-state index is 4.00. The van der Waals surface area contributed by atoms with Gasteiger partial charge in [-0.2, -0.15) is 5.10 Å². The lowest BCUT2D eigenvalue weighted by Gasteiger charge is -1.87. The van der Waals surface area contributed by atoms with Gasteiger partial charge in [0, 0.05) is 11.6 Å². The summed E-state index contributed by atoms with van der Waals surface area (Å²) in [6, 6.07) is 0. The van der Waals surface area contributed by atoms with Crippen molar-refractivity contribution in [3.8, 4) is 0 Å². The number of aromatic amines is 1. The molecule has 1 heterocycles. The molecular formula is C7H8N2. The first-order chi connectivity index (χ1) is 4.45. The molecule has 0 bridgehead atoms. The summed E-state index contributed by atoms with van der Waals surface area (Å²) < 4.78 is 0. The first kappa shape index (κ1) is 4.09. The van der Waals surface area contributed by atoms with E-state index in [2.05, 4.69) is 10.2 Å². The maximum absolute atomic E-state index is 4.00. The van der Waals surface area contributed by atoms with Crippen LogP contribution < -0.4 is 0 Å². The lowest BCUT2D eigenvalue weighted by atomic mass is 10.2. The molecule has 2 heteroatoms. The molecule has 0 aliphatic heterocycles. The Morgan fingerprint density at radius 1 is 1.67 bits per heavy atom. The minimum absolute atomic E-state index is 0.877. The van der Waals surface area contributed by atoms with E-state index in [0.29, 0.717) is 0 Å². The van der Waals surface area contributed by atoms with E-state index in [-0.39, 0.29) is 0 Å². The quantitative estimate of drug-likeness (QED) is 0.545. The number of nitrogens with zero attached hydrogens (tertiary/aromatic N) is 1. The van der Waals surface area contributed by atoms with Crippen LogP contribution in [0.2, 0.25) is 0 Å². The third-order valence-electron chi connectivity index (χ3n) is 2.53. The molecule has 0 aromatic carbocycles. The Hall–Kier alpha value is -0.790. The summed E-state index contributed by atoms with van der Waals surface area (Å²) in [5.74, 6) is 1.87. The third kappa shape index (κ3) is 0.363. The van der Waals surface area contributed by atoms with Crippen molar-refractivity contribution in [2.75, 3.05) is 0 Å². The van der Waals surface area contributed by atoms with Crippen molar-refractivity contribution in [2.45, 2.75) is 18.8 Å². The predicted octanol–water partition coefficient (Wildman–Crippen LogP) is 1.07. The molecule has 2 aliphatic rings. The van der Waals surface area contributed by atoms with Crippen LogP contribution in [0, 0.1) is 5.92 Å². The van der Waals surface area contributed by atoms with Crippen LogP contribution in [0.1, 0.15) is 23.6 Å². The molecule has 0 radical (unpaired) electrons. The van der Waals surface area contributed by atoms with E-state index in [1.54, 1.807) is 0 Å². The second-order valence-corrected chi connectivity index (χ2v) is 3.12. The van der Waals surface area contributed by atoms with Crippen molar-refractivity contribution >= 4 is 0 Å². The van der Waals surface area contributed by atoms with E-state index >= 15 is 0 Å². The molecule has 2 atom stereocenters. The molecule has 1 aromatic rings. The van der Waals surface area contributed by atoms with Crippen LogP contribution in [0.5, 0.6) is 0 Å². The molecule has 0 spiro atoms. The number of hydrogen-bond acceptors (Lipinski definition) is 1. The van der Waals surface area contributed by atoms with Crippen LogP contribution in [0.25, 0.3) is 0 Å². The van der Waals surface area contributed by atoms with Gasteiger partial charge in [0.05, 0.1) is 6.20 Å². The van der Waals surface area contributed by atoms with Crippen molar-refractivity contribution in [1.82, 2.24) is 10.2 Å². The number of rotatable bonds is 0. The summed E-state index contributed by atoms with van der Waals surface area (Å²) in [6.45, 7) is 0. The van der Waals surface area contributed by atoms with Gasteiger partial charge in [-0.15, -0.1) is 0 Å². The Morgan fingerprint density at radius 3 is 3.56 bits per heavy atom. The second-order valence-electron chi connectivity index (χ2n) is 3.12. The average molecular weight is 120 g/mol. The summed E-state index contributed by atoms with van der Waals surface area (Å²) in [7, 11) is 0. The van der Waals surface area contributed by atoms with Gasteiger partial charge in [-0.25, -0.2) is 0 Å². The van der Waals surface area contributed by atoms with Gasteiger partial charge in [0.2, 0.25) is 0 Å². The Bertz CT molecular complexity index is 251. The Balaban J connectivity index is 2.25. The minimum atomic E-state index is 0.877. The van der Waals surface area contributed by atoms with Crippen LogP contribution in [0.4, 0.5) is 0 Å². The molecule has 1 aromatic heterocycles. The van der Waals surface area contributed by atoms with Gasteiger partial charge in [-0.3, -0.25) is 5.10 Å². The number of fused-ring (bicyclic) bond motifs is 3. The number of hydrogen-bond donors (Lipinski definition) is 1. The summed E-state index contributed by atoms with van der Waals surface area (Å²) in [6.07, 6.45) is 4.67. The highest BCUT2D eigenvalue weighted by Crippen LogP contribution is 2.55. The van der Waals surface area contributed by atoms with Crippen molar-refractivity contribution < 1.29 is 0 Å². The average Bonchev–Trinajstić information content (AvgIpc) is 2.38. The van der Waals surface area contributed by atoms with Crippen LogP contribution in [-0.2, 0) is 6.42 Å². The van der Waals surface area contributed by atoms with Gasteiger partial charge in [-0.1, -0.05) is 0 Å². The molecule has 2 unspecified atom stereocenters. The van der Waals surface area contributed by atoms with Crippen LogP contribution in [0.3, 0.4) is 0 Å². The van der Waals surface area contributed by atoms with E-state index in [9.17, 15) is 0 Å². The fourth-order valence-corrected chi connectivity index (χ4v) is 1.91. The predicted molar refractivity (Wildman–Crippen MR) is 33.1 cm³/mol. The van der Waals surface area contributed by atoms with E-state index < -0.39 is 0 Å². The molecule has 0 amide bonds. The molecule has 1 N–H and O–H groups in total. The number of nitrogens with one attached hydrogen (secondary N) is 1. The molecule has 2 nitrogen and oxygen atoms in total. The lowest BCUT2D eigenvalue weighted by molar-refractivity contribution is 0.841. The Kier molecular flexibility index (Phi) is 0.481. The van der Waals surface area contributed by atoms with Crippen molar-refractivity contribution in [3.05, 3.63) is 17.5 Å². The molecule has 9 heavy (non-hydrogen) atoms. The van der Waals surface area contributed by atoms with Crippen LogP contribution >= 0.6 is 0 Å². The Morgan fingerprint density at radius 2 is 2.67 bits per heavy atom. The summed E-state index contributed by atoms with van der Waals surface area (Å²) >= 11 is 0. The number of H-pyrrole nitrogens is 1. The highest BCUT2D eigenvalue weighted by atomic mass is 15.1. The van der Waals surface area contributed by atoms with Gasteiger partial charge < -0.3 is 0 Å². The summed E-state index contributed by atoms with van der Waals surface area (Å²) in [4.78, 5) is 0. The normalized spacial score (nSPS) is 36.0. The van der Waals surface area contributed by atoms with E-state index in [1.807, 2.05) is 6.20 Å². The fourth-order valence-electron chi connectivity index (χ4n) is 1.91. The summed E-state index contributed by atoms with van der Waals surface area (Å²) in [5, 5.41) is 7.05. The fraction of sp³-hybridized carbons (Fsp3) is 0.571. The molecule has 1 fully saturated rings. The molecular weight excluding hydrogens is 112 g/mol. The van der Waals surface area contributed by atoms with Crippen LogP contribution in [0.15, 0.2) is 6.20 Å². The van der Waals surface area contributed by atoms with Crippen LogP contribution in [-0.4, -0.2) is 10.2 Å². The number of aromatic nitrogens is 2. The molecule has 3 rings (SSSR count). The first-order valence-corrected chi connectivity index (χ1v) is 3.47. The largest absolute Gasteiger partial charge is 0.282 e. The topological polar surface area (TPSA) is 28.7 Å². The van der Waals surface area contributed by atoms with Gasteiger partial charge >= 0.3 is 0 Å². The molecule has 2 aliphatic carbocycles. The zero-order valence-electron chi connectivity index (χ0n) is 5.09. The Labute approximate surface area is 53.3 Å². The highest BCUT2D eigenvalue weighted by Gasteiger charge is 2.46. The smallest absolute Gasteiger partial charge is 0.0522 e. The van der Waals surface area contributed by atoms with Gasteiger partial charge in [0.1, 0.15) is 0 Å². The standard InChI is InChI=1S/C7H8N2/c1-4-2-6(4)7-5(1)3-8-9-7/h3-4,6H,1-2H2,(H,8,9). The van der Waals surface area contributed by atoms with Crippen molar-refractivity contribution in [3.63, 3.8) is 0 Å². The third-order valence-corrected chi connectivity index (χ3v) is 2.53. The van der Waals surface area contributed by atoms with Gasteiger partial charge in [0.25, 0.3) is 0 Å². The SMILES string of the molecule is c1n[nH]c2c1CC1CC21. The zero-order valence-corrected chi connectivity index (χ0v) is 5.09. The molecule has 0 saturated heterocycles. The van der Waals surface area contributed by atoms with Crippen molar-refractivity contribution in [2.24, 2.45) is 5.92 Å². The van der Waals surface area contributed by atoms with Gasteiger partial charge in [0.15, 0.2) is 0 Å². The zero-order chi connectivity index (χ0) is 5.84. The van der Waals surface area contributed by atoms with Crippen molar-refractivity contribution in [1.29, 1.82) is 0 Å². The monoisotopic (exact) mass is 120 g/mol. The lowest BCUT2D eigenvalue weighted by Crippen LogP contribution is -1.79. The highest BCUT2D eigenvalue weighted by molar-refractivity contribution is 5.34. The second kappa shape index (κ2) is 1.06.